The number of imidazole rings is 1. The average Bonchev–Trinajstić information content (AvgIpc) is 3.31. The van der Waals surface area contributed by atoms with Gasteiger partial charge in [-0.25, -0.2) is 19.3 Å². The molecule has 4 heterocycles. The third-order valence-electron chi connectivity index (χ3n) is 5.38. The number of nitrogens with zero attached hydrogens (tertiary/aromatic N) is 6. The van der Waals surface area contributed by atoms with Gasteiger partial charge in [0.1, 0.15) is 5.69 Å². The number of hydrogen-bond acceptors (Lipinski definition) is 7. The van der Waals surface area contributed by atoms with Crippen LogP contribution in [-0.4, -0.2) is 67.8 Å². The summed E-state index contributed by atoms with van der Waals surface area (Å²) < 4.78 is 1.61. The molecule has 0 saturated carbocycles. The number of aromatic amines is 2. The van der Waals surface area contributed by atoms with Crippen LogP contribution in [0.2, 0.25) is 0 Å². The molecule has 5 rings (SSSR count). The first-order valence-corrected chi connectivity index (χ1v) is 10.0. The minimum Gasteiger partial charge on any atom is -0.493 e. The number of fused-ring (bicyclic) bond motifs is 1. The molecule has 1 saturated heterocycles. The van der Waals surface area contributed by atoms with E-state index in [2.05, 4.69) is 54.0 Å². The van der Waals surface area contributed by atoms with Gasteiger partial charge in [0.05, 0.1) is 11.9 Å². The standard InChI is InChI=1S/C21H22N8O2/c1-27-8-10-28(11-9-27)16-4-2-15(3-5-16)23-18-6-7-29-19(25-18)14(13-22-29)12-17-20(30)26-21(31)24-17/h2-7,12-13,30H,8-11H2,1H3,(H2,24,26,31)/b14-12+,23-18?. The van der Waals surface area contributed by atoms with Crippen LogP contribution in [0.1, 0.15) is 5.69 Å². The lowest BCUT2D eigenvalue weighted by molar-refractivity contribution is 0.313. The number of likely N-dealkylation sites (N-methyl/N-ethyl adjacent to an activating group) is 1. The minimum absolute atomic E-state index is 0.231. The first-order valence-electron chi connectivity index (χ1n) is 10.0. The number of rotatable bonds is 3. The summed E-state index contributed by atoms with van der Waals surface area (Å²) in [4.78, 5) is 30.1. The van der Waals surface area contributed by atoms with Gasteiger partial charge in [-0.3, -0.25) is 4.98 Å². The van der Waals surface area contributed by atoms with Gasteiger partial charge >= 0.3 is 5.69 Å². The van der Waals surface area contributed by atoms with Crippen LogP contribution in [0.4, 0.5) is 11.4 Å². The molecular formula is C21H22N8O2. The molecule has 1 aliphatic rings. The summed E-state index contributed by atoms with van der Waals surface area (Å²) in [6.45, 7) is 4.17. The molecule has 1 aliphatic heterocycles. The summed E-state index contributed by atoms with van der Waals surface area (Å²) in [5, 5.41) is 14.7. The Hall–Kier alpha value is -3.92. The molecule has 0 bridgehead atoms. The van der Waals surface area contributed by atoms with Crippen LogP contribution >= 0.6 is 0 Å². The molecule has 4 aromatic rings. The van der Waals surface area contributed by atoms with Crippen molar-refractivity contribution in [2.24, 2.45) is 4.99 Å². The fourth-order valence-electron chi connectivity index (χ4n) is 3.62. The summed E-state index contributed by atoms with van der Waals surface area (Å²) in [6.07, 6.45) is 5.00. The Morgan fingerprint density at radius 2 is 1.87 bits per heavy atom. The zero-order valence-corrected chi connectivity index (χ0v) is 17.0. The Morgan fingerprint density at radius 3 is 2.58 bits per heavy atom. The first kappa shape index (κ1) is 19.1. The van der Waals surface area contributed by atoms with E-state index in [0.29, 0.717) is 16.4 Å². The van der Waals surface area contributed by atoms with Crippen LogP contribution in [0.5, 0.6) is 5.88 Å². The van der Waals surface area contributed by atoms with Crippen LogP contribution in [0.3, 0.4) is 0 Å². The Balaban J connectivity index is 1.46. The predicted octanol–water partition coefficient (Wildman–Crippen LogP) is -0.0168. The molecule has 0 spiro atoms. The number of nitrogens with one attached hydrogen (secondary N) is 2. The van der Waals surface area contributed by atoms with Crippen LogP contribution in [0, 0.1) is 0 Å². The molecule has 158 valence electrons. The van der Waals surface area contributed by atoms with Crippen molar-refractivity contribution < 1.29 is 5.11 Å². The number of benzene rings is 1. The predicted molar refractivity (Wildman–Crippen MR) is 116 cm³/mol. The molecule has 0 amide bonds. The number of hydrogen-bond donors (Lipinski definition) is 3. The van der Waals surface area contributed by atoms with Gasteiger partial charge in [-0.1, -0.05) is 0 Å². The monoisotopic (exact) mass is 418 g/mol. The lowest BCUT2D eigenvalue weighted by Gasteiger charge is -2.34. The Kier molecular flexibility index (Phi) is 4.75. The number of piperazine rings is 1. The van der Waals surface area contributed by atoms with Gasteiger partial charge in [-0.15, -0.1) is 0 Å². The molecule has 3 N–H and O–H groups in total. The topological polar surface area (TPSA) is 118 Å². The van der Waals surface area contributed by atoms with Crippen molar-refractivity contribution in [3.8, 4) is 5.88 Å². The van der Waals surface area contributed by atoms with Crippen molar-refractivity contribution in [1.29, 1.82) is 0 Å². The summed E-state index contributed by atoms with van der Waals surface area (Å²) in [6, 6.07) is 9.95. The lowest BCUT2D eigenvalue weighted by Crippen LogP contribution is -2.44. The third-order valence-corrected chi connectivity index (χ3v) is 5.38. The fourth-order valence-corrected chi connectivity index (χ4v) is 3.62. The average molecular weight is 418 g/mol. The maximum absolute atomic E-state index is 11.4. The number of H-pyrrole nitrogens is 2. The highest BCUT2D eigenvalue weighted by Gasteiger charge is 2.13. The third kappa shape index (κ3) is 3.92. The second kappa shape index (κ2) is 7.73. The molecular weight excluding hydrogens is 396 g/mol. The van der Waals surface area contributed by atoms with E-state index >= 15 is 0 Å². The van der Waals surface area contributed by atoms with Crippen molar-refractivity contribution in [1.82, 2.24) is 29.5 Å². The van der Waals surface area contributed by atoms with E-state index in [-0.39, 0.29) is 11.6 Å². The van der Waals surface area contributed by atoms with Gasteiger partial charge in [0.15, 0.2) is 11.1 Å². The summed E-state index contributed by atoms with van der Waals surface area (Å²) >= 11 is 0. The van der Waals surface area contributed by atoms with Gasteiger partial charge in [0.25, 0.3) is 0 Å². The quantitative estimate of drug-likeness (QED) is 0.431. The van der Waals surface area contributed by atoms with Gasteiger partial charge in [0.2, 0.25) is 5.88 Å². The van der Waals surface area contributed by atoms with Gasteiger partial charge in [-0.05, 0) is 37.4 Å². The Labute approximate surface area is 176 Å². The molecule has 0 unspecified atom stereocenters. The van der Waals surface area contributed by atoms with Crippen LogP contribution in [0.15, 0.2) is 52.5 Å². The molecule has 0 aliphatic carbocycles. The largest absolute Gasteiger partial charge is 0.493 e. The first-order chi connectivity index (χ1) is 15.0. The molecule has 0 atom stereocenters. The second-order valence-electron chi connectivity index (χ2n) is 7.56. The van der Waals surface area contributed by atoms with Gasteiger partial charge in [-0.2, -0.15) is 5.10 Å². The number of anilines is 1. The Morgan fingerprint density at radius 1 is 1.10 bits per heavy atom. The highest BCUT2D eigenvalue weighted by atomic mass is 16.3. The molecule has 10 heteroatoms. The maximum atomic E-state index is 11.4. The second-order valence-corrected chi connectivity index (χ2v) is 7.56. The molecule has 31 heavy (non-hydrogen) atoms. The molecule has 1 fully saturated rings. The van der Waals surface area contributed by atoms with E-state index in [1.54, 1.807) is 29.1 Å². The molecule has 1 aromatic carbocycles. The highest BCUT2D eigenvalue weighted by molar-refractivity contribution is 5.56. The van der Waals surface area contributed by atoms with Crippen molar-refractivity contribution in [2.45, 2.75) is 0 Å². The van der Waals surface area contributed by atoms with E-state index in [4.69, 9.17) is 0 Å². The molecule has 3 aromatic heterocycles. The summed E-state index contributed by atoms with van der Waals surface area (Å²) in [5.41, 5.74) is 2.90. The fraction of sp³-hybridized carbons (Fsp3) is 0.238. The van der Waals surface area contributed by atoms with E-state index in [9.17, 15) is 9.90 Å². The zero-order valence-electron chi connectivity index (χ0n) is 17.0. The number of aromatic nitrogens is 5. The summed E-state index contributed by atoms with van der Waals surface area (Å²) in [5.74, 6) is -0.231. The van der Waals surface area contributed by atoms with E-state index < -0.39 is 5.69 Å². The van der Waals surface area contributed by atoms with E-state index in [1.165, 1.54) is 5.69 Å². The SMILES string of the molecule is CN1CCN(c2ccc(N=c3ccn4nc/c(=C\c5[nH]c(=O)[nH]c5O)c4n3)cc2)CC1. The molecule has 0 radical (unpaired) electrons. The van der Waals surface area contributed by atoms with Crippen molar-refractivity contribution in [2.75, 3.05) is 38.1 Å². The number of aromatic hydroxyl groups is 1. The van der Waals surface area contributed by atoms with Gasteiger partial charge < -0.3 is 19.9 Å². The molecule has 10 nitrogen and oxygen atoms in total. The minimum atomic E-state index is -0.483. The zero-order chi connectivity index (χ0) is 21.4. The maximum Gasteiger partial charge on any atom is 0.326 e. The van der Waals surface area contributed by atoms with Crippen molar-refractivity contribution in [3.05, 3.63) is 69.6 Å². The summed E-state index contributed by atoms with van der Waals surface area (Å²) in [7, 11) is 2.15. The normalized spacial score (nSPS) is 16.5. The van der Waals surface area contributed by atoms with Crippen molar-refractivity contribution in [3.63, 3.8) is 0 Å². The van der Waals surface area contributed by atoms with E-state index in [0.717, 1.165) is 31.9 Å². The van der Waals surface area contributed by atoms with E-state index in [1.807, 2.05) is 12.1 Å². The van der Waals surface area contributed by atoms with Crippen molar-refractivity contribution >= 4 is 23.1 Å². The van der Waals surface area contributed by atoms with Crippen LogP contribution in [0.25, 0.3) is 11.7 Å². The smallest absolute Gasteiger partial charge is 0.326 e. The van der Waals surface area contributed by atoms with Crippen LogP contribution in [-0.2, 0) is 0 Å². The van der Waals surface area contributed by atoms with Crippen LogP contribution < -0.4 is 21.3 Å². The highest BCUT2D eigenvalue weighted by Crippen LogP contribution is 2.20. The van der Waals surface area contributed by atoms with Gasteiger partial charge in [0, 0.05) is 49.3 Å². The Bertz CT molecular complexity index is 1390. The lowest BCUT2D eigenvalue weighted by atomic mass is 10.2.